The van der Waals surface area contributed by atoms with Crippen LogP contribution in [0.4, 0.5) is 5.69 Å². The number of nitrogens with zero attached hydrogens (tertiary/aromatic N) is 1. The summed E-state index contributed by atoms with van der Waals surface area (Å²) in [5, 5.41) is 2.96. The second-order valence-electron chi connectivity index (χ2n) is 8.60. The summed E-state index contributed by atoms with van der Waals surface area (Å²) in [4.78, 5) is 13.2. The van der Waals surface area contributed by atoms with Gasteiger partial charge in [0.05, 0.1) is 7.11 Å². The molecule has 0 bridgehead atoms. The molecule has 1 heterocycles. The third-order valence-corrected chi connectivity index (χ3v) is 8.29. The Morgan fingerprint density at radius 3 is 2.50 bits per heavy atom. The van der Waals surface area contributed by atoms with Crippen molar-refractivity contribution in [3.05, 3.63) is 89.5 Å². The molecule has 3 aromatic rings. The van der Waals surface area contributed by atoms with Gasteiger partial charge in [0.15, 0.2) is 0 Å². The number of piperidine rings is 1. The Hall–Kier alpha value is -3.16. The molecule has 0 saturated carbocycles. The van der Waals surface area contributed by atoms with E-state index < -0.39 is 10.0 Å². The van der Waals surface area contributed by atoms with Crippen LogP contribution in [0.2, 0.25) is 0 Å². The van der Waals surface area contributed by atoms with Gasteiger partial charge in [-0.15, -0.1) is 0 Å². The second kappa shape index (κ2) is 10.4. The van der Waals surface area contributed by atoms with Gasteiger partial charge in [0, 0.05) is 23.8 Å². The molecule has 6 nitrogen and oxygen atoms in total. The standard InChI is InChI=1S/C27H30N2O4S/c1-20-10-8-9-17-29(20)34(31,32)26-19-23(15-16-25(26)33-2)27(30)28-24-14-7-6-13-22(24)18-21-11-4-3-5-12-21/h3-7,11-16,19-20H,8-10,17-18H2,1-2H3,(H,28,30)/t20-/m0/s1. The molecule has 1 saturated heterocycles. The van der Waals surface area contributed by atoms with Crippen LogP contribution < -0.4 is 10.1 Å². The number of nitrogens with one attached hydrogen (secondary N) is 1. The fourth-order valence-electron chi connectivity index (χ4n) is 4.38. The van der Waals surface area contributed by atoms with Gasteiger partial charge in [-0.05, 0) is 61.6 Å². The number of carbonyl (C=O) groups excluding carboxylic acids is 1. The Morgan fingerprint density at radius 1 is 1.03 bits per heavy atom. The van der Waals surface area contributed by atoms with Crippen LogP contribution in [-0.4, -0.2) is 38.3 Å². The highest BCUT2D eigenvalue weighted by Gasteiger charge is 2.33. The van der Waals surface area contributed by atoms with Crippen molar-refractivity contribution in [2.45, 2.75) is 43.5 Å². The van der Waals surface area contributed by atoms with Gasteiger partial charge in [0.1, 0.15) is 10.6 Å². The highest BCUT2D eigenvalue weighted by atomic mass is 32.2. The zero-order chi connectivity index (χ0) is 24.1. The van der Waals surface area contributed by atoms with Crippen LogP contribution in [0.5, 0.6) is 5.75 Å². The molecule has 1 fully saturated rings. The van der Waals surface area contributed by atoms with Crippen LogP contribution >= 0.6 is 0 Å². The second-order valence-corrected chi connectivity index (χ2v) is 10.5. The molecule has 7 heteroatoms. The summed E-state index contributed by atoms with van der Waals surface area (Å²) in [6.07, 6.45) is 3.33. The minimum Gasteiger partial charge on any atom is -0.495 e. The SMILES string of the molecule is COc1ccc(C(=O)Nc2ccccc2Cc2ccccc2)cc1S(=O)(=O)N1CCCC[C@@H]1C. The fraction of sp³-hybridized carbons (Fsp3) is 0.296. The first-order valence-electron chi connectivity index (χ1n) is 11.5. The molecule has 3 aromatic carbocycles. The van der Waals surface area contributed by atoms with Gasteiger partial charge in [0.2, 0.25) is 10.0 Å². The minimum atomic E-state index is -3.80. The van der Waals surface area contributed by atoms with Crippen molar-refractivity contribution in [1.82, 2.24) is 4.31 Å². The monoisotopic (exact) mass is 478 g/mol. The van der Waals surface area contributed by atoms with E-state index in [0.717, 1.165) is 30.4 Å². The Labute approximate surface area is 201 Å². The molecule has 1 N–H and O–H groups in total. The van der Waals surface area contributed by atoms with E-state index in [2.05, 4.69) is 5.32 Å². The van der Waals surface area contributed by atoms with E-state index in [9.17, 15) is 13.2 Å². The summed E-state index contributed by atoms with van der Waals surface area (Å²) >= 11 is 0. The van der Waals surface area contributed by atoms with Crippen molar-refractivity contribution < 1.29 is 17.9 Å². The number of rotatable bonds is 7. The van der Waals surface area contributed by atoms with Crippen LogP contribution in [0.25, 0.3) is 0 Å². The smallest absolute Gasteiger partial charge is 0.255 e. The fourth-order valence-corrected chi connectivity index (χ4v) is 6.26. The van der Waals surface area contributed by atoms with Crippen molar-refractivity contribution in [2.75, 3.05) is 19.0 Å². The van der Waals surface area contributed by atoms with Gasteiger partial charge in [0.25, 0.3) is 5.91 Å². The van der Waals surface area contributed by atoms with Crippen molar-refractivity contribution in [1.29, 1.82) is 0 Å². The van der Waals surface area contributed by atoms with Crippen molar-refractivity contribution in [3.8, 4) is 5.75 Å². The molecule has 1 amide bonds. The largest absolute Gasteiger partial charge is 0.495 e. The quantitative estimate of drug-likeness (QED) is 0.513. The lowest BCUT2D eigenvalue weighted by Crippen LogP contribution is -2.42. The summed E-state index contributed by atoms with van der Waals surface area (Å²) in [6, 6.07) is 22.1. The van der Waals surface area contributed by atoms with Gasteiger partial charge in [-0.2, -0.15) is 4.31 Å². The third-order valence-electron chi connectivity index (χ3n) is 6.26. The van der Waals surface area contributed by atoms with E-state index >= 15 is 0 Å². The average molecular weight is 479 g/mol. The maximum absolute atomic E-state index is 13.5. The van der Waals surface area contributed by atoms with E-state index in [4.69, 9.17) is 4.74 Å². The molecular formula is C27H30N2O4S. The van der Waals surface area contributed by atoms with Crippen molar-refractivity contribution in [2.24, 2.45) is 0 Å². The minimum absolute atomic E-state index is 0.0222. The number of methoxy groups -OCH3 is 1. The average Bonchev–Trinajstić information content (AvgIpc) is 2.85. The first-order valence-corrected chi connectivity index (χ1v) is 13.0. The number of para-hydroxylation sites is 1. The molecule has 0 radical (unpaired) electrons. The normalized spacial score (nSPS) is 16.7. The highest BCUT2D eigenvalue weighted by molar-refractivity contribution is 7.89. The topological polar surface area (TPSA) is 75.7 Å². The van der Waals surface area contributed by atoms with E-state index in [1.807, 2.05) is 61.5 Å². The molecule has 1 aliphatic rings. The maximum Gasteiger partial charge on any atom is 0.255 e. The summed E-state index contributed by atoms with van der Waals surface area (Å²) < 4.78 is 33.8. The van der Waals surface area contributed by atoms with Crippen molar-refractivity contribution in [3.63, 3.8) is 0 Å². The maximum atomic E-state index is 13.5. The Morgan fingerprint density at radius 2 is 1.76 bits per heavy atom. The number of carbonyl (C=O) groups is 1. The van der Waals surface area contributed by atoms with E-state index in [1.54, 1.807) is 12.1 Å². The molecule has 178 valence electrons. The number of hydrogen-bond donors (Lipinski definition) is 1. The summed E-state index contributed by atoms with van der Waals surface area (Å²) in [5.74, 6) is -0.134. The first kappa shape index (κ1) is 24.0. The van der Waals surface area contributed by atoms with E-state index in [1.165, 1.54) is 17.5 Å². The van der Waals surface area contributed by atoms with Crippen LogP contribution in [0.15, 0.2) is 77.7 Å². The molecule has 0 spiro atoms. The van der Waals surface area contributed by atoms with Gasteiger partial charge in [-0.1, -0.05) is 55.0 Å². The summed E-state index contributed by atoms with van der Waals surface area (Å²) in [6.45, 7) is 2.39. The number of anilines is 1. The number of sulfonamides is 1. The van der Waals surface area contributed by atoms with E-state index in [0.29, 0.717) is 18.7 Å². The van der Waals surface area contributed by atoms with Crippen LogP contribution in [0.1, 0.15) is 47.7 Å². The lowest BCUT2D eigenvalue weighted by molar-refractivity contribution is 0.102. The number of benzene rings is 3. The molecule has 1 aliphatic heterocycles. The Kier molecular flexibility index (Phi) is 7.34. The third kappa shape index (κ3) is 5.16. The predicted molar refractivity (Wildman–Crippen MR) is 134 cm³/mol. The molecular weight excluding hydrogens is 448 g/mol. The lowest BCUT2D eigenvalue weighted by Gasteiger charge is -2.32. The zero-order valence-corrected chi connectivity index (χ0v) is 20.3. The highest BCUT2D eigenvalue weighted by Crippen LogP contribution is 2.32. The summed E-state index contributed by atoms with van der Waals surface area (Å²) in [7, 11) is -2.37. The summed E-state index contributed by atoms with van der Waals surface area (Å²) in [5.41, 5.74) is 3.07. The van der Waals surface area contributed by atoms with Gasteiger partial charge in [-0.25, -0.2) is 8.42 Å². The zero-order valence-electron chi connectivity index (χ0n) is 19.5. The molecule has 4 rings (SSSR count). The lowest BCUT2D eigenvalue weighted by atomic mass is 10.0. The van der Waals surface area contributed by atoms with Gasteiger partial charge >= 0.3 is 0 Å². The first-order chi connectivity index (χ1) is 16.4. The molecule has 0 unspecified atom stereocenters. The van der Waals surface area contributed by atoms with Crippen LogP contribution in [0.3, 0.4) is 0 Å². The van der Waals surface area contributed by atoms with Crippen LogP contribution in [0, 0.1) is 0 Å². The van der Waals surface area contributed by atoms with Crippen molar-refractivity contribution >= 4 is 21.6 Å². The number of amides is 1. The Bertz CT molecular complexity index is 1260. The molecule has 0 aliphatic carbocycles. The van der Waals surface area contributed by atoms with Crippen LogP contribution in [-0.2, 0) is 16.4 Å². The number of ether oxygens (including phenoxy) is 1. The van der Waals surface area contributed by atoms with E-state index in [-0.39, 0.29) is 28.2 Å². The number of hydrogen-bond acceptors (Lipinski definition) is 4. The Balaban J connectivity index is 1.62. The molecule has 1 atom stereocenters. The molecule has 34 heavy (non-hydrogen) atoms. The van der Waals surface area contributed by atoms with Gasteiger partial charge in [-0.3, -0.25) is 4.79 Å². The predicted octanol–water partition coefficient (Wildman–Crippen LogP) is 5.10. The van der Waals surface area contributed by atoms with Gasteiger partial charge < -0.3 is 10.1 Å². The molecule has 0 aromatic heterocycles.